The first-order valence-electron chi connectivity index (χ1n) is 10.7. The molecule has 4 aromatic rings. The monoisotopic (exact) mass is 418 g/mol. The van der Waals surface area contributed by atoms with Gasteiger partial charge in [0, 0.05) is 20.3 Å². The maximum atomic E-state index is 6.20. The fourth-order valence-electron chi connectivity index (χ4n) is 4.51. The summed E-state index contributed by atoms with van der Waals surface area (Å²) < 4.78 is 7.40. The van der Waals surface area contributed by atoms with Crippen molar-refractivity contribution >= 4 is 32.3 Å². The average Bonchev–Trinajstić information content (AvgIpc) is 3.23. The number of aromatic nitrogens is 1. The van der Waals surface area contributed by atoms with E-state index in [1.807, 2.05) is 36.4 Å². The summed E-state index contributed by atoms with van der Waals surface area (Å²) in [6.07, 6.45) is 6.20. The highest BCUT2D eigenvalue weighted by molar-refractivity contribution is 7.19. The first-order chi connectivity index (χ1) is 14.8. The molecule has 1 atom stereocenters. The van der Waals surface area contributed by atoms with Crippen molar-refractivity contribution < 1.29 is 9.57 Å². The van der Waals surface area contributed by atoms with Crippen molar-refractivity contribution in [3.05, 3.63) is 71.2 Å². The number of fused-ring (bicyclic) bond motifs is 2. The minimum absolute atomic E-state index is 0.0299. The smallest absolute Gasteiger partial charge is 0.130 e. The third-order valence-electron chi connectivity index (χ3n) is 6.08. The molecule has 0 spiro atoms. The molecule has 0 amide bonds. The molecule has 30 heavy (non-hydrogen) atoms. The van der Waals surface area contributed by atoms with Gasteiger partial charge in [-0.2, -0.15) is 0 Å². The summed E-state index contributed by atoms with van der Waals surface area (Å²) in [4.78, 5) is 11.4. The first-order valence-corrected chi connectivity index (χ1v) is 11.5. The lowest BCUT2D eigenvalue weighted by molar-refractivity contribution is -0.000344. The number of thiophene rings is 1. The number of rotatable bonds is 6. The van der Waals surface area contributed by atoms with Crippen molar-refractivity contribution in [1.82, 2.24) is 4.98 Å². The Hall–Kier alpha value is -2.47. The van der Waals surface area contributed by atoms with E-state index in [2.05, 4.69) is 24.3 Å². The average molecular weight is 419 g/mol. The molecule has 2 heterocycles. The summed E-state index contributed by atoms with van der Waals surface area (Å²) in [7, 11) is 0. The Morgan fingerprint density at radius 1 is 1.00 bits per heavy atom. The number of nitrogens with zero attached hydrogens (tertiary/aromatic N) is 1. The van der Waals surface area contributed by atoms with Gasteiger partial charge in [-0.05, 0) is 49.1 Å². The number of hydrogen-bond donors (Lipinski definition) is 1. The van der Waals surface area contributed by atoms with E-state index in [1.165, 1.54) is 41.7 Å². The molecule has 2 aromatic heterocycles. The zero-order valence-corrected chi connectivity index (χ0v) is 17.7. The molecule has 154 valence electrons. The van der Waals surface area contributed by atoms with Crippen molar-refractivity contribution in [2.45, 2.75) is 44.8 Å². The summed E-state index contributed by atoms with van der Waals surface area (Å²) in [6.45, 7) is 0.439. The van der Waals surface area contributed by atoms with Crippen LogP contribution >= 0.6 is 11.3 Å². The lowest BCUT2D eigenvalue weighted by Gasteiger charge is -2.27. The van der Waals surface area contributed by atoms with Crippen LogP contribution in [0.15, 0.2) is 60.7 Å². The third kappa shape index (κ3) is 3.93. The number of benzene rings is 2. The normalized spacial score (nSPS) is 16.2. The van der Waals surface area contributed by atoms with Gasteiger partial charge in [-0.1, -0.05) is 49.6 Å². The molecule has 1 unspecified atom stereocenters. The van der Waals surface area contributed by atoms with Crippen molar-refractivity contribution in [2.24, 2.45) is 11.8 Å². The summed E-state index contributed by atoms with van der Waals surface area (Å²) in [5.74, 6) is 7.12. The van der Waals surface area contributed by atoms with Crippen molar-refractivity contribution in [2.75, 3.05) is 0 Å². The van der Waals surface area contributed by atoms with Crippen LogP contribution in [0.25, 0.3) is 21.0 Å². The molecular weight excluding hydrogens is 392 g/mol. The zero-order valence-electron chi connectivity index (χ0n) is 16.9. The highest BCUT2D eigenvalue weighted by Gasteiger charge is 2.27. The molecule has 4 nitrogen and oxygen atoms in total. The predicted octanol–water partition coefficient (Wildman–Crippen LogP) is 6.54. The van der Waals surface area contributed by atoms with E-state index in [1.54, 1.807) is 11.3 Å². The fraction of sp³-hybridized carbons (Fsp3) is 0.320. The summed E-state index contributed by atoms with van der Waals surface area (Å²) in [5.41, 5.74) is 1.91. The van der Waals surface area contributed by atoms with Gasteiger partial charge >= 0.3 is 0 Å². The van der Waals surface area contributed by atoms with Gasteiger partial charge in [-0.3, -0.25) is 4.84 Å². The summed E-state index contributed by atoms with van der Waals surface area (Å²) in [5, 5.41) is 2.26. The first kappa shape index (κ1) is 19.5. The molecule has 1 aliphatic rings. The highest BCUT2D eigenvalue weighted by atomic mass is 32.1. The Kier molecular flexibility index (Phi) is 5.67. The van der Waals surface area contributed by atoms with Gasteiger partial charge in [0.15, 0.2) is 0 Å². The maximum absolute atomic E-state index is 6.20. The molecule has 5 heteroatoms. The Bertz CT molecular complexity index is 1150. The van der Waals surface area contributed by atoms with E-state index in [9.17, 15) is 0 Å². The van der Waals surface area contributed by atoms with Gasteiger partial charge in [0.05, 0.1) is 11.2 Å². The SMILES string of the molecule is NOC(c1cc2c(OCc3ccc4ccccc4n3)cccc2s1)C1CCCCC1. The second-order valence-electron chi connectivity index (χ2n) is 8.06. The lowest BCUT2D eigenvalue weighted by atomic mass is 9.84. The minimum Gasteiger partial charge on any atom is -0.487 e. The van der Waals surface area contributed by atoms with Gasteiger partial charge in [0.1, 0.15) is 18.5 Å². The molecule has 1 fully saturated rings. The van der Waals surface area contributed by atoms with Crippen LogP contribution < -0.4 is 10.6 Å². The van der Waals surface area contributed by atoms with E-state index >= 15 is 0 Å². The molecular formula is C25H26N2O2S. The van der Waals surface area contributed by atoms with E-state index < -0.39 is 0 Å². The number of para-hydroxylation sites is 1. The predicted molar refractivity (Wildman–Crippen MR) is 122 cm³/mol. The minimum atomic E-state index is -0.0299. The molecule has 1 aliphatic carbocycles. The highest BCUT2D eigenvalue weighted by Crippen LogP contribution is 2.42. The zero-order chi connectivity index (χ0) is 20.3. The second-order valence-corrected chi connectivity index (χ2v) is 9.17. The standard InChI is InChI=1S/C25H26N2O2S/c26-29-25(18-8-2-1-3-9-18)24-15-20-22(11-6-12-23(20)30-24)28-16-19-14-13-17-7-4-5-10-21(17)27-19/h4-7,10-15,18,25H,1-3,8-9,16,26H2. The van der Waals surface area contributed by atoms with Crippen LogP contribution in [-0.2, 0) is 11.4 Å². The number of nitrogens with two attached hydrogens (primary N) is 1. The Labute approximate surface area is 180 Å². The Morgan fingerprint density at radius 2 is 1.87 bits per heavy atom. The van der Waals surface area contributed by atoms with Crippen LogP contribution in [0, 0.1) is 5.92 Å². The van der Waals surface area contributed by atoms with Gasteiger partial charge < -0.3 is 4.74 Å². The Balaban J connectivity index is 1.39. The van der Waals surface area contributed by atoms with Gasteiger partial charge in [-0.15, -0.1) is 11.3 Å². The lowest BCUT2D eigenvalue weighted by Crippen LogP contribution is -2.20. The van der Waals surface area contributed by atoms with E-state index in [0.29, 0.717) is 12.5 Å². The van der Waals surface area contributed by atoms with Crippen LogP contribution in [0.5, 0.6) is 5.75 Å². The van der Waals surface area contributed by atoms with Crippen LogP contribution in [0.2, 0.25) is 0 Å². The molecule has 5 rings (SSSR count). The number of hydrogen-bond acceptors (Lipinski definition) is 5. The quantitative estimate of drug-likeness (QED) is 0.361. The molecule has 0 bridgehead atoms. The second kappa shape index (κ2) is 8.72. The number of ether oxygens (including phenoxy) is 1. The molecule has 0 saturated heterocycles. The largest absolute Gasteiger partial charge is 0.487 e. The molecule has 2 aromatic carbocycles. The fourth-order valence-corrected chi connectivity index (χ4v) is 5.72. The van der Waals surface area contributed by atoms with Gasteiger partial charge in [0.25, 0.3) is 0 Å². The summed E-state index contributed by atoms with van der Waals surface area (Å²) in [6, 6.07) is 20.7. The molecule has 0 aliphatic heterocycles. The van der Waals surface area contributed by atoms with Crippen molar-refractivity contribution in [1.29, 1.82) is 0 Å². The van der Waals surface area contributed by atoms with Crippen molar-refractivity contribution in [3.63, 3.8) is 0 Å². The van der Waals surface area contributed by atoms with Crippen molar-refractivity contribution in [3.8, 4) is 5.75 Å². The third-order valence-corrected chi connectivity index (χ3v) is 7.24. The van der Waals surface area contributed by atoms with Crippen LogP contribution in [0.1, 0.15) is 48.8 Å². The maximum Gasteiger partial charge on any atom is 0.130 e. The van der Waals surface area contributed by atoms with E-state index in [0.717, 1.165) is 27.7 Å². The molecule has 0 radical (unpaired) electrons. The van der Waals surface area contributed by atoms with Crippen LogP contribution in [-0.4, -0.2) is 4.98 Å². The van der Waals surface area contributed by atoms with Gasteiger partial charge in [0.2, 0.25) is 0 Å². The molecule has 1 saturated carbocycles. The Morgan fingerprint density at radius 3 is 2.73 bits per heavy atom. The summed E-state index contributed by atoms with van der Waals surface area (Å²) >= 11 is 1.76. The van der Waals surface area contributed by atoms with Crippen LogP contribution in [0.3, 0.4) is 0 Å². The topological polar surface area (TPSA) is 57.4 Å². The molecule has 2 N–H and O–H groups in total. The van der Waals surface area contributed by atoms with E-state index in [4.69, 9.17) is 20.5 Å². The van der Waals surface area contributed by atoms with E-state index in [-0.39, 0.29) is 6.10 Å². The number of pyridine rings is 1. The van der Waals surface area contributed by atoms with Gasteiger partial charge in [-0.25, -0.2) is 10.9 Å². The van der Waals surface area contributed by atoms with Crippen LogP contribution in [0.4, 0.5) is 0 Å².